The predicted octanol–water partition coefficient (Wildman–Crippen LogP) is 1.39. The van der Waals surface area contributed by atoms with E-state index < -0.39 is 5.97 Å². The molecule has 0 saturated carbocycles. The highest BCUT2D eigenvalue weighted by Crippen LogP contribution is 2.16. The van der Waals surface area contributed by atoms with E-state index in [-0.39, 0.29) is 17.4 Å². The number of benzene rings is 1. The van der Waals surface area contributed by atoms with E-state index >= 15 is 0 Å². The lowest BCUT2D eigenvalue weighted by molar-refractivity contribution is -0.126. The quantitative estimate of drug-likeness (QED) is 0.776. The Morgan fingerprint density at radius 2 is 2.05 bits per heavy atom. The lowest BCUT2D eigenvalue weighted by Gasteiger charge is -2.27. The number of aromatic carboxylic acids is 1. The average molecular weight is 276 g/mol. The van der Waals surface area contributed by atoms with Crippen molar-refractivity contribution >= 4 is 11.9 Å². The van der Waals surface area contributed by atoms with Crippen molar-refractivity contribution in [1.82, 2.24) is 10.6 Å². The highest BCUT2D eigenvalue weighted by atomic mass is 16.4. The number of carboxylic acids is 1. The van der Waals surface area contributed by atoms with Gasteiger partial charge < -0.3 is 15.7 Å². The van der Waals surface area contributed by atoms with Crippen LogP contribution < -0.4 is 10.6 Å². The molecular formula is C15H20N2O3. The monoisotopic (exact) mass is 276 g/mol. The Balaban J connectivity index is 1.85. The molecule has 2 rings (SSSR count). The molecule has 1 aliphatic heterocycles. The molecule has 5 heteroatoms. The second-order valence-corrected chi connectivity index (χ2v) is 5.30. The maximum atomic E-state index is 12.1. The van der Waals surface area contributed by atoms with Crippen molar-refractivity contribution < 1.29 is 14.7 Å². The molecule has 1 amide bonds. The first-order chi connectivity index (χ1) is 9.56. The van der Waals surface area contributed by atoms with Crippen LogP contribution in [0.15, 0.2) is 24.3 Å². The van der Waals surface area contributed by atoms with Gasteiger partial charge in [0.1, 0.15) is 0 Å². The number of hydrogen-bond acceptors (Lipinski definition) is 3. The van der Waals surface area contributed by atoms with Gasteiger partial charge in [-0.2, -0.15) is 0 Å². The van der Waals surface area contributed by atoms with Crippen molar-refractivity contribution in [2.24, 2.45) is 5.92 Å². The van der Waals surface area contributed by atoms with Crippen molar-refractivity contribution in [2.75, 3.05) is 6.54 Å². The largest absolute Gasteiger partial charge is 0.478 e. The number of carbonyl (C=O) groups is 2. The van der Waals surface area contributed by atoms with Crippen LogP contribution in [-0.4, -0.2) is 29.6 Å². The van der Waals surface area contributed by atoms with Crippen LogP contribution in [0.1, 0.15) is 35.7 Å². The highest BCUT2D eigenvalue weighted by molar-refractivity contribution is 5.87. The minimum Gasteiger partial charge on any atom is -0.478 e. The van der Waals surface area contributed by atoms with Gasteiger partial charge in [-0.05, 0) is 44.0 Å². The zero-order chi connectivity index (χ0) is 14.5. The van der Waals surface area contributed by atoms with Crippen LogP contribution in [0.5, 0.6) is 0 Å². The second-order valence-electron chi connectivity index (χ2n) is 5.30. The minimum absolute atomic E-state index is 0.0737. The molecule has 1 aromatic rings. The lowest BCUT2D eigenvalue weighted by Crippen LogP contribution is -2.42. The highest BCUT2D eigenvalue weighted by Gasteiger charge is 2.24. The minimum atomic E-state index is -0.940. The van der Waals surface area contributed by atoms with E-state index in [1.165, 1.54) is 0 Å². The van der Waals surface area contributed by atoms with Crippen molar-refractivity contribution in [3.8, 4) is 0 Å². The van der Waals surface area contributed by atoms with E-state index in [2.05, 4.69) is 17.6 Å². The SMILES string of the molecule is CC1CC(C(=O)NCc2ccc(C(=O)O)cc2)CCN1. The number of amides is 1. The van der Waals surface area contributed by atoms with Gasteiger partial charge in [0.2, 0.25) is 5.91 Å². The molecule has 1 aliphatic rings. The van der Waals surface area contributed by atoms with Crippen LogP contribution >= 0.6 is 0 Å². The first-order valence-corrected chi connectivity index (χ1v) is 6.89. The van der Waals surface area contributed by atoms with Crippen LogP contribution in [0.4, 0.5) is 0 Å². The van der Waals surface area contributed by atoms with Crippen LogP contribution in [0.25, 0.3) is 0 Å². The first-order valence-electron chi connectivity index (χ1n) is 6.89. The summed E-state index contributed by atoms with van der Waals surface area (Å²) in [4.78, 5) is 22.8. The standard InChI is InChI=1S/C15H20N2O3/c1-10-8-13(6-7-16-10)14(18)17-9-11-2-4-12(5-3-11)15(19)20/h2-5,10,13,16H,6-9H2,1H3,(H,17,18)(H,19,20). The number of carboxylic acid groups (broad SMARTS) is 1. The van der Waals surface area contributed by atoms with E-state index in [0.29, 0.717) is 12.6 Å². The Labute approximate surface area is 118 Å². The number of piperidine rings is 1. The molecule has 108 valence electrons. The molecule has 1 aromatic carbocycles. The summed E-state index contributed by atoms with van der Waals surface area (Å²) in [6.45, 7) is 3.41. The van der Waals surface area contributed by atoms with E-state index in [0.717, 1.165) is 24.9 Å². The van der Waals surface area contributed by atoms with Crippen molar-refractivity contribution in [3.05, 3.63) is 35.4 Å². The molecule has 0 aromatic heterocycles. The molecule has 2 unspecified atom stereocenters. The summed E-state index contributed by atoms with van der Waals surface area (Å²) in [6, 6.07) is 6.95. The molecule has 1 heterocycles. The summed E-state index contributed by atoms with van der Waals surface area (Å²) in [5, 5.41) is 15.1. The smallest absolute Gasteiger partial charge is 0.335 e. The predicted molar refractivity (Wildman–Crippen MR) is 75.4 cm³/mol. The molecule has 0 spiro atoms. The normalized spacial score (nSPS) is 22.2. The van der Waals surface area contributed by atoms with E-state index in [4.69, 9.17) is 5.11 Å². The summed E-state index contributed by atoms with van der Waals surface area (Å²) in [7, 11) is 0. The second kappa shape index (κ2) is 6.52. The Morgan fingerprint density at radius 3 is 2.65 bits per heavy atom. The average Bonchev–Trinajstić information content (AvgIpc) is 2.45. The Kier molecular flexibility index (Phi) is 4.74. The molecule has 0 bridgehead atoms. The fourth-order valence-electron chi connectivity index (χ4n) is 2.47. The Morgan fingerprint density at radius 1 is 1.35 bits per heavy atom. The topological polar surface area (TPSA) is 78.4 Å². The maximum Gasteiger partial charge on any atom is 0.335 e. The van der Waals surface area contributed by atoms with E-state index in [1.54, 1.807) is 24.3 Å². The van der Waals surface area contributed by atoms with Gasteiger partial charge in [-0.1, -0.05) is 12.1 Å². The van der Waals surface area contributed by atoms with Crippen molar-refractivity contribution in [1.29, 1.82) is 0 Å². The number of rotatable bonds is 4. The van der Waals surface area contributed by atoms with Crippen LogP contribution in [0, 0.1) is 5.92 Å². The molecule has 5 nitrogen and oxygen atoms in total. The van der Waals surface area contributed by atoms with Gasteiger partial charge in [0.15, 0.2) is 0 Å². The van der Waals surface area contributed by atoms with Crippen LogP contribution in [0.2, 0.25) is 0 Å². The van der Waals surface area contributed by atoms with Gasteiger partial charge in [0.05, 0.1) is 5.56 Å². The zero-order valence-corrected chi connectivity index (χ0v) is 11.6. The van der Waals surface area contributed by atoms with E-state index in [1.807, 2.05) is 0 Å². The van der Waals surface area contributed by atoms with Crippen molar-refractivity contribution in [3.63, 3.8) is 0 Å². The molecular weight excluding hydrogens is 256 g/mol. The molecule has 1 saturated heterocycles. The van der Waals surface area contributed by atoms with Gasteiger partial charge >= 0.3 is 5.97 Å². The Bertz CT molecular complexity index is 484. The number of hydrogen-bond donors (Lipinski definition) is 3. The van der Waals surface area contributed by atoms with Gasteiger partial charge in [0.25, 0.3) is 0 Å². The summed E-state index contributed by atoms with van der Waals surface area (Å²) in [5.74, 6) is -0.783. The molecule has 0 aliphatic carbocycles. The molecule has 0 radical (unpaired) electrons. The summed E-state index contributed by atoms with van der Waals surface area (Å²) in [5.41, 5.74) is 1.16. The molecule has 3 N–H and O–H groups in total. The zero-order valence-electron chi connectivity index (χ0n) is 11.6. The van der Waals surface area contributed by atoms with Gasteiger partial charge in [-0.3, -0.25) is 4.79 Å². The van der Waals surface area contributed by atoms with Gasteiger partial charge in [-0.15, -0.1) is 0 Å². The third-order valence-electron chi connectivity index (χ3n) is 3.66. The summed E-state index contributed by atoms with van der Waals surface area (Å²) in [6.07, 6.45) is 1.73. The van der Waals surface area contributed by atoms with Gasteiger partial charge in [-0.25, -0.2) is 4.79 Å². The third kappa shape index (κ3) is 3.81. The molecule has 2 atom stereocenters. The fraction of sp³-hybridized carbons (Fsp3) is 0.467. The maximum absolute atomic E-state index is 12.1. The van der Waals surface area contributed by atoms with Crippen molar-refractivity contribution in [2.45, 2.75) is 32.4 Å². The number of carbonyl (C=O) groups excluding carboxylic acids is 1. The Hall–Kier alpha value is -1.88. The molecule has 20 heavy (non-hydrogen) atoms. The lowest BCUT2D eigenvalue weighted by atomic mass is 9.92. The summed E-state index contributed by atoms with van der Waals surface area (Å²) < 4.78 is 0. The van der Waals surface area contributed by atoms with E-state index in [9.17, 15) is 9.59 Å². The first kappa shape index (κ1) is 14.5. The third-order valence-corrected chi connectivity index (χ3v) is 3.66. The summed E-state index contributed by atoms with van der Waals surface area (Å²) >= 11 is 0. The fourth-order valence-corrected chi connectivity index (χ4v) is 2.47. The number of nitrogens with one attached hydrogen (secondary N) is 2. The van der Waals surface area contributed by atoms with Gasteiger partial charge in [0, 0.05) is 18.5 Å². The van der Waals surface area contributed by atoms with Crippen LogP contribution in [0.3, 0.4) is 0 Å². The van der Waals surface area contributed by atoms with Crippen LogP contribution in [-0.2, 0) is 11.3 Å². The molecule has 1 fully saturated rings.